The van der Waals surface area contributed by atoms with Gasteiger partial charge in [-0.3, -0.25) is 0 Å². The SMILES string of the molecule is CCn1cnc(C#N)c1Br. The maximum atomic E-state index is 8.47. The molecule has 0 aliphatic heterocycles. The number of nitriles is 1. The first kappa shape index (κ1) is 7.29. The van der Waals surface area contributed by atoms with Crippen LogP contribution in [0.4, 0.5) is 0 Å². The molecule has 0 N–H and O–H groups in total. The number of aromatic nitrogens is 2. The van der Waals surface area contributed by atoms with Gasteiger partial charge in [-0.2, -0.15) is 5.26 Å². The molecule has 0 unspecified atom stereocenters. The number of rotatable bonds is 1. The quantitative estimate of drug-likeness (QED) is 0.689. The van der Waals surface area contributed by atoms with Gasteiger partial charge in [-0.15, -0.1) is 0 Å². The van der Waals surface area contributed by atoms with Crippen LogP contribution >= 0.6 is 15.9 Å². The van der Waals surface area contributed by atoms with E-state index < -0.39 is 0 Å². The van der Waals surface area contributed by atoms with Gasteiger partial charge in [-0.05, 0) is 22.9 Å². The van der Waals surface area contributed by atoms with Crippen LogP contribution in [0, 0.1) is 11.3 Å². The second kappa shape index (κ2) is 2.84. The zero-order valence-corrected chi connectivity index (χ0v) is 7.09. The molecule has 0 saturated carbocycles. The standard InChI is InChI=1S/C6H6BrN3/c1-2-10-4-9-5(3-8)6(10)7/h4H,2H2,1H3. The summed E-state index contributed by atoms with van der Waals surface area (Å²) in [4.78, 5) is 3.86. The van der Waals surface area contributed by atoms with Gasteiger partial charge in [0.05, 0.1) is 6.33 Å². The van der Waals surface area contributed by atoms with Gasteiger partial charge < -0.3 is 4.57 Å². The second-order valence-electron chi connectivity index (χ2n) is 1.78. The van der Waals surface area contributed by atoms with Gasteiger partial charge in [0, 0.05) is 6.54 Å². The summed E-state index contributed by atoms with van der Waals surface area (Å²) in [5.74, 6) is 0. The Labute approximate surface area is 67.4 Å². The van der Waals surface area contributed by atoms with Crippen LogP contribution in [0.2, 0.25) is 0 Å². The van der Waals surface area contributed by atoms with Crippen molar-refractivity contribution >= 4 is 15.9 Å². The fourth-order valence-electron chi connectivity index (χ4n) is 0.663. The van der Waals surface area contributed by atoms with Crippen LogP contribution < -0.4 is 0 Å². The molecule has 1 aromatic heterocycles. The summed E-state index contributed by atoms with van der Waals surface area (Å²) in [5.41, 5.74) is 0.446. The maximum Gasteiger partial charge on any atom is 0.173 e. The average Bonchev–Trinajstić information content (AvgIpc) is 2.30. The predicted molar refractivity (Wildman–Crippen MR) is 40.3 cm³/mol. The molecule has 0 aliphatic rings. The molecular weight excluding hydrogens is 194 g/mol. The number of aryl methyl sites for hydroxylation is 1. The van der Waals surface area contributed by atoms with E-state index in [1.807, 2.05) is 17.6 Å². The molecule has 52 valence electrons. The zero-order valence-electron chi connectivity index (χ0n) is 5.50. The summed E-state index contributed by atoms with van der Waals surface area (Å²) in [6.07, 6.45) is 1.64. The van der Waals surface area contributed by atoms with Crippen LogP contribution in [-0.2, 0) is 6.54 Å². The lowest BCUT2D eigenvalue weighted by atomic mass is 10.5. The Bertz CT molecular complexity index is 271. The first-order valence-corrected chi connectivity index (χ1v) is 3.69. The molecular formula is C6H6BrN3. The molecule has 1 aromatic rings. The zero-order chi connectivity index (χ0) is 7.56. The normalized spacial score (nSPS) is 9.30. The van der Waals surface area contributed by atoms with Crippen molar-refractivity contribution in [2.45, 2.75) is 13.5 Å². The van der Waals surface area contributed by atoms with Crippen LogP contribution in [-0.4, -0.2) is 9.55 Å². The molecule has 3 nitrogen and oxygen atoms in total. The van der Waals surface area contributed by atoms with E-state index in [9.17, 15) is 0 Å². The Morgan fingerprint density at radius 2 is 2.60 bits per heavy atom. The van der Waals surface area contributed by atoms with E-state index in [4.69, 9.17) is 5.26 Å². The molecule has 0 aliphatic carbocycles. The van der Waals surface area contributed by atoms with Gasteiger partial charge in [-0.1, -0.05) is 0 Å². The van der Waals surface area contributed by atoms with Crippen molar-refractivity contribution in [3.8, 4) is 6.07 Å². The monoisotopic (exact) mass is 199 g/mol. The Balaban J connectivity index is 3.12. The predicted octanol–water partition coefficient (Wildman–Crippen LogP) is 1.54. The highest BCUT2D eigenvalue weighted by Gasteiger charge is 2.03. The highest BCUT2D eigenvalue weighted by Crippen LogP contribution is 2.13. The lowest BCUT2D eigenvalue weighted by Crippen LogP contribution is -1.90. The molecule has 0 amide bonds. The first-order valence-electron chi connectivity index (χ1n) is 2.90. The summed E-state index contributed by atoms with van der Waals surface area (Å²) in [7, 11) is 0. The van der Waals surface area contributed by atoms with Crippen molar-refractivity contribution in [2.24, 2.45) is 0 Å². The van der Waals surface area contributed by atoms with Crippen molar-refractivity contribution < 1.29 is 0 Å². The minimum atomic E-state index is 0.446. The smallest absolute Gasteiger partial charge is 0.173 e. The number of nitrogens with zero attached hydrogens (tertiary/aromatic N) is 3. The lowest BCUT2D eigenvalue weighted by molar-refractivity contribution is 0.745. The van der Waals surface area contributed by atoms with Gasteiger partial charge >= 0.3 is 0 Å². The third-order valence-electron chi connectivity index (χ3n) is 1.22. The van der Waals surface area contributed by atoms with Crippen LogP contribution in [0.15, 0.2) is 10.9 Å². The van der Waals surface area contributed by atoms with Gasteiger partial charge in [0.25, 0.3) is 0 Å². The summed E-state index contributed by atoms with van der Waals surface area (Å²) in [5, 5.41) is 8.47. The molecule has 0 fully saturated rings. The molecule has 0 aromatic carbocycles. The van der Waals surface area contributed by atoms with Crippen molar-refractivity contribution in [1.29, 1.82) is 5.26 Å². The minimum absolute atomic E-state index is 0.446. The third kappa shape index (κ3) is 1.05. The van der Waals surface area contributed by atoms with Gasteiger partial charge in [0.15, 0.2) is 5.69 Å². The van der Waals surface area contributed by atoms with Crippen LogP contribution in [0.3, 0.4) is 0 Å². The molecule has 1 heterocycles. The van der Waals surface area contributed by atoms with Gasteiger partial charge in [0.2, 0.25) is 0 Å². The summed E-state index contributed by atoms with van der Waals surface area (Å²) >= 11 is 3.25. The molecule has 0 atom stereocenters. The Morgan fingerprint density at radius 1 is 1.90 bits per heavy atom. The molecule has 0 radical (unpaired) electrons. The van der Waals surface area contributed by atoms with Crippen molar-refractivity contribution in [1.82, 2.24) is 9.55 Å². The largest absolute Gasteiger partial charge is 0.324 e. The third-order valence-corrected chi connectivity index (χ3v) is 2.05. The highest BCUT2D eigenvalue weighted by molar-refractivity contribution is 9.10. The molecule has 0 bridgehead atoms. The van der Waals surface area contributed by atoms with Crippen LogP contribution in [0.25, 0.3) is 0 Å². The molecule has 0 spiro atoms. The number of imidazole rings is 1. The topological polar surface area (TPSA) is 41.6 Å². The van der Waals surface area contributed by atoms with E-state index in [1.54, 1.807) is 6.33 Å². The Hall–Kier alpha value is -0.820. The summed E-state index contributed by atoms with van der Waals surface area (Å²) < 4.78 is 2.62. The van der Waals surface area contributed by atoms with Crippen LogP contribution in [0.5, 0.6) is 0 Å². The maximum absolute atomic E-state index is 8.47. The molecule has 0 saturated heterocycles. The molecule has 10 heavy (non-hydrogen) atoms. The number of hydrogen-bond acceptors (Lipinski definition) is 2. The van der Waals surface area contributed by atoms with E-state index in [0.29, 0.717) is 5.69 Å². The Kier molecular flexibility index (Phi) is 2.07. The fourth-order valence-corrected chi connectivity index (χ4v) is 1.20. The number of hydrogen-bond donors (Lipinski definition) is 0. The van der Waals surface area contributed by atoms with Gasteiger partial charge in [-0.25, -0.2) is 4.98 Å². The van der Waals surface area contributed by atoms with E-state index in [1.165, 1.54) is 0 Å². The van der Waals surface area contributed by atoms with Gasteiger partial charge in [0.1, 0.15) is 10.7 Å². The summed E-state index contributed by atoms with van der Waals surface area (Å²) in [6, 6.07) is 1.97. The lowest BCUT2D eigenvalue weighted by Gasteiger charge is -1.94. The highest BCUT2D eigenvalue weighted by atomic mass is 79.9. The second-order valence-corrected chi connectivity index (χ2v) is 2.53. The first-order chi connectivity index (χ1) is 4.79. The van der Waals surface area contributed by atoms with E-state index >= 15 is 0 Å². The van der Waals surface area contributed by atoms with Crippen molar-refractivity contribution in [3.05, 3.63) is 16.6 Å². The van der Waals surface area contributed by atoms with Crippen LogP contribution in [0.1, 0.15) is 12.6 Å². The minimum Gasteiger partial charge on any atom is -0.324 e. The Morgan fingerprint density at radius 3 is 2.90 bits per heavy atom. The molecule has 4 heteroatoms. The number of halogens is 1. The van der Waals surface area contributed by atoms with E-state index in [-0.39, 0.29) is 0 Å². The van der Waals surface area contributed by atoms with Crippen molar-refractivity contribution in [2.75, 3.05) is 0 Å². The summed E-state index contributed by atoms with van der Waals surface area (Å²) in [6.45, 7) is 2.82. The van der Waals surface area contributed by atoms with E-state index in [2.05, 4.69) is 20.9 Å². The molecule has 1 rings (SSSR count). The fraction of sp³-hybridized carbons (Fsp3) is 0.333. The van der Waals surface area contributed by atoms with E-state index in [0.717, 1.165) is 11.1 Å². The average molecular weight is 200 g/mol. The van der Waals surface area contributed by atoms with Crippen molar-refractivity contribution in [3.63, 3.8) is 0 Å².